The molecule has 140 valence electrons. The highest BCUT2D eigenvalue weighted by molar-refractivity contribution is 7.92. The Bertz CT molecular complexity index is 900. The van der Waals surface area contributed by atoms with Gasteiger partial charge < -0.3 is 10.1 Å². The van der Waals surface area contributed by atoms with E-state index in [1.165, 1.54) is 0 Å². The highest BCUT2D eigenvalue weighted by atomic mass is 35.5. The molecule has 1 amide bonds. The van der Waals surface area contributed by atoms with Crippen molar-refractivity contribution in [2.24, 2.45) is 0 Å². The largest absolute Gasteiger partial charge is 0.496 e. The highest BCUT2D eigenvalue weighted by Gasteiger charge is 2.23. The van der Waals surface area contributed by atoms with Gasteiger partial charge in [0.25, 0.3) is 0 Å². The van der Waals surface area contributed by atoms with E-state index in [4.69, 9.17) is 16.3 Å². The van der Waals surface area contributed by atoms with Crippen LogP contribution in [0.25, 0.3) is 0 Å². The zero-order chi connectivity index (χ0) is 19.3. The molecule has 2 aromatic carbocycles. The zero-order valence-corrected chi connectivity index (χ0v) is 16.4. The third-order valence-corrected chi connectivity index (χ3v) is 5.40. The van der Waals surface area contributed by atoms with Crippen LogP contribution in [0.2, 0.25) is 5.02 Å². The van der Waals surface area contributed by atoms with Crippen LogP contribution in [-0.2, 0) is 21.4 Å². The fourth-order valence-electron chi connectivity index (χ4n) is 2.48. The van der Waals surface area contributed by atoms with Crippen molar-refractivity contribution in [1.82, 2.24) is 5.32 Å². The van der Waals surface area contributed by atoms with Gasteiger partial charge in [-0.1, -0.05) is 35.9 Å². The molecule has 0 fully saturated rings. The number of methoxy groups -OCH3 is 1. The van der Waals surface area contributed by atoms with Crippen molar-refractivity contribution < 1.29 is 17.9 Å². The Kier molecular flexibility index (Phi) is 6.50. The van der Waals surface area contributed by atoms with Crippen LogP contribution in [0.5, 0.6) is 5.75 Å². The molecule has 0 bridgehead atoms. The van der Waals surface area contributed by atoms with Crippen LogP contribution in [-0.4, -0.2) is 34.2 Å². The van der Waals surface area contributed by atoms with E-state index in [-0.39, 0.29) is 13.1 Å². The smallest absolute Gasteiger partial charge is 0.241 e. The average molecular weight is 397 g/mol. The highest BCUT2D eigenvalue weighted by Crippen LogP contribution is 2.28. The molecule has 26 heavy (non-hydrogen) atoms. The number of amides is 1. The lowest BCUT2D eigenvalue weighted by Gasteiger charge is -2.24. The molecule has 2 aromatic rings. The maximum absolute atomic E-state index is 12.4. The number of ether oxygens (including phenoxy) is 1. The maximum atomic E-state index is 12.4. The van der Waals surface area contributed by atoms with E-state index < -0.39 is 15.9 Å². The normalized spacial score (nSPS) is 11.1. The number of nitrogens with one attached hydrogen (secondary N) is 1. The van der Waals surface area contributed by atoms with E-state index in [1.807, 2.05) is 18.2 Å². The molecule has 2 rings (SSSR count). The molecule has 0 aliphatic carbocycles. The van der Waals surface area contributed by atoms with Crippen LogP contribution in [0.15, 0.2) is 42.5 Å². The van der Waals surface area contributed by atoms with Gasteiger partial charge in [-0.3, -0.25) is 9.10 Å². The SMILES string of the molecule is COc1ccccc1CNC(=O)CN(c1cccc(Cl)c1C)S(C)(=O)=O. The van der Waals surface area contributed by atoms with Crippen molar-refractivity contribution in [3.05, 3.63) is 58.6 Å². The number of benzene rings is 2. The third kappa shape index (κ3) is 4.89. The molecule has 0 spiro atoms. The molecule has 1 N–H and O–H groups in total. The van der Waals surface area contributed by atoms with E-state index >= 15 is 0 Å². The van der Waals surface area contributed by atoms with E-state index in [2.05, 4.69) is 5.32 Å². The Morgan fingerprint density at radius 3 is 2.54 bits per heavy atom. The van der Waals surface area contributed by atoms with Gasteiger partial charge in [-0.2, -0.15) is 0 Å². The summed E-state index contributed by atoms with van der Waals surface area (Å²) in [5.41, 5.74) is 1.78. The summed E-state index contributed by atoms with van der Waals surface area (Å²) in [7, 11) is -2.11. The number of carbonyl (C=O) groups excluding carboxylic acids is 1. The van der Waals surface area contributed by atoms with Gasteiger partial charge in [0.2, 0.25) is 15.9 Å². The Morgan fingerprint density at radius 2 is 1.88 bits per heavy atom. The first kappa shape index (κ1) is 20.1. The van der Waals surface area contributed by atoms with Crippen molar-refractivity contribution in [2.45, 2.75) is 13.5 Å². The number of hydrogen-bond donors (Lipinski definition) is 1. The quantitative estimate of drug-likeness (QED) is 0.780. The first-order chi connectivity index (χ1) is 12.2. The topological polar surface area (TPSA) is 75.7 Å². The number of sulfonamides is 1. The van der Waals surface area contributed by atoms with Gasteiger partial charge in [-0.15, -0.1) is 0 Å². The fraction of sp³-hybridized carbons (Fsp3) is 0.278. The number of para-hydroxylation sites is 1. The summed E-state index contributed by atoms with van der Waals surface area (Å²) in [5, 5.41) is 3.16. The summed E-state index contributed by atoms with van der Waals surface area (Å²) >= 11 is 6.08. The molecular formula is C18H21ClN2O4S. The molecule has 0 aliphatic heterocycles. The second-order valence-electron chi connectivity index (χ2n) is 5.74. The average Bonchev–Trinajstić information content (AvgIpc) is 2.60. The molecule has 0 unspecified atom stereocenters. The van der Waals surface area contributed by atoms with Gasteiger partial charge in [-0.25, -0.2) is 8.42 Å². The van der Waals surface area contributed by atoms with Gasteiger partial charge in [0, 0.05) is 17.1 Å². The minimum Gasteiger partial charge on any atom is -0.496 e. The predicted molar refractivity (Wildman–Crippen MR) is 103 cm³/mol. The Balaban J connectivity index is 2.16. The first-order valence-electron chi connectivity index (χ1n) is 7.85. The molecule has 0 heterocycles. The molecule has 0 saturated heterocycles. The maximum Gasteiger partial charge on any atom is 0.241 e. The van der Waals surface area contributed by atoms with Crippen LogP contribution < -0.4 is 14.4 Å². The van der Waals surface area contributed by atoms with Crippen LogP contribution in [0.1, 0.15) is 11.1 Å². The predicted octanol–water partition coefficient (Wildman–Crippen LogP) is 2.74. The molecule has 0 radical (unpaired) electrons. The van der Waals surface area contributed by atoms with E-state index in [9.17, 15) is 13.2 Å². The number of carbonyl (C=O) groups is 1. The Hall–Kier alpha value is -2.25. The second-order valence-corrected chi connectivity index (χ2v) is 8.06. The van der Waals surface area contributed by atoms with E-state index in [0.29, 0.717) is 22.0 Å². The summed E-state index contributed by atoms with van der Waals surface area (Å²) in [6.45, 7) is 1.60. The van der Waals surface area contributed by atoms with Crippen LogP contribution in [0.4, 0.5) is 5.69 Å². The van der Waals surface area contributed by atoms with Crippen molar-refractivity contribution >= 4 is 33.2 Å². The number of halogens is 1. The van der Waals surface area contributed by atoms with E-state index in [1.54, 1.807) is 38.3 Å². The van der Waals surface area contributed by atoms with Crippen molar-refractivity contribution in [2.75, 3.05) is 24.2 Å². The Morgan fingerprint density at radius 1 is 1.19 bits per heavy atom. The summed E-state index contributed by atoms with van der Waals surface area (Å²) in [6, 6.07) is 12.2. The lowest BCUT2D eigenvalue weighted by molar-refractivity contribution is -0.119. The molecule has 6 nitrogen and oxygen atoms in total. The summed E-state index contributed by atoms with van der Waals surface area (Å²) in [5.74, 6) is 0.221. The molecular weight excluding hydrogens is 376 g/mol. The van der Waals surface area contributed by atoms with Gasteiger partial charge in [0.15, 0.2) is 0 Å². The minimum atomic E-state index is -3.66. The molecule has 0 atom stereocenters. The summed E-state index contributed by atoms with van der Waals surface area (Å²) in [4.78, 5) is 12.4. The summed E-state index contributed by atoms with van der Waals surface area (Å²) < 4.78 is 30.7. The van der Waals surface area contributed by atoms with Gasteiger partial charge in [0.05, 0.1) is 19.1 Å². The van der Waals surface area contributed by atoms with Crippen LogP contribution in [0, 0.1) is 6.92 Å². The second kappa shape index (κ2) is 8.42. The van der Waals surface area contributed by atoms with Crippen LogP contribution in [0.3, 0.4) is 0 Å². The standard InChI is InChI=1S/C18H21ClN2O4S/c1-13-15(19)8-6-9-16(13)21(26(3,23)24)12-18(22)20-11-14-7-4-5-10-17(14)25-2/h4-10H,11-12H2,1-3H3,(H,20,22). The molecule has 8 heteroatoms. The van der Waals surface area contributed by atoms with Gasteiger partial charge in [-0.05, 0) is 30.7 Å². The molecule has 0 saturated carbocycles. The summed E-state index contributed by atoms with van der Waals surface area (Å²) in [6.07, 6.45) is 1.06. The minimum absolute atomic E-state index is 0.231. The molecule has 0 aliphatic rings. The fourth-order valence-corrected chi connectivity index (χ4v) is 3.55. The Labute approximate surface area is 158 Å². The zero-order valence-electron chi connectivity index (χ0n) is 14.8. The van der Waals surface area contributed by atoms with Crippen molar-refractivity contribution in [1.29, 1.82) is 0 Å². The first-order valence-corrected chi connectivity index (χ1v) is 10.1. The van der Waals surface area contributed by atoms with Gasteiger partial charge in [0.1, 0.15) is 12.3 Å². The number of anilines is 1. The van der Waals surface area contributed by atoms with Crippen molar-refractivity contribution in [3.8, 4) is 5.75 Å². The van der Waals surface area contributed by atoms with E-state index in [0.717, 1.165) is 16.1 Å². The number of hydrogen-bond acceptors (Lipinski definition) is 4. The third-order valence-electron chi connectivity index (χ3n) is 3.86. The lowest BCUT2D eigenvalue weighted by Crippen LogP contribution is -2.40. The number of rotatable bonds is 7. The van der Waals surface area contributed by atoms with Crippen LogP contribution >= 0.6 is 11.6 Å². The number of nitrogens with zero attached hydrogens (tertiary/aromatic N) is 1. The monoisotopic (exact) mass is 396 g/mol. The van der Waals surface area contributed by atoms with Crippen molar-refractivity contribution in [3.63, 3.8) is 0 Å². The molecule has 0 aromatic heterocycles. The van der Waals surface area contributed by atoms with Gasteiger partial charge >= 0.3 is 0 Å². The lowest BCUT2D eigenvalue weighted by atomic mass is 10.2.